The Hall–Kier alpha value is -0.590. The molecule has 1 heterocycles. The molecule has 72 valence electrons. The Morgan fingerprint density at radius 2 is 2.15 bits per heavy atom. The summed E-state index contributed by atoms with van der Waals surface area (Å²) in [5.74, 6) is 0. The second-order valence-corrected chi connectivity index (χ2v) is 3.90. The zero-order chi connectivity index (χ0) is 9.15. The fourth-order valence-electron chi connectivity index (χ4n) is 2.53. The van der Waals surface area contributed by atoms with Crippen molar-refractivity contribution < 1.29 is 4.74 Å². The predicted molar refractivity (Wildman–Crippen MR) is 49.0 cm³/mol. The van der Waals surface area contributed by atoms with Crippen molar-refractivity contribution in [1.29, 1.82) is 5.26 Å². The zero-order valence-electron chi connectivity index (χ0n) is 7.96. The predicted octanol–water partition coefficient (Wildman–Crippen LogP) is 1.50. The van der Waals surface area contributed by atoms with Crippen LogP contribution in [0.15, 0.2) is 0 Å². The monoisotopic (exact) mass is 180 g/mol. The number of hydrogen-bond donors (Lipinski definition) is 0. The van der Waals surface area contributed by atoms with Crippen molar-refractivity contribution in [3.63, 3.8) is 0 Å². The second kappa shape index (κ2) is 3.65. The van der Waals surface area contributed by atoms with Crippen molar-refractivity contribution in [3.8, 4) is 6.07 Å². The molecule has 0 unspecified atom stereocenters. The number of hydrogen-bond acceptors (Lipinski definition) is 3. The van der Waals surface area contributed by atoms with Gasteiger partial charge in [0.2, 0.25) is 0 Å². The van der Waals surface area contributed by atoms with Crippen LogP contribution in [0, 0.1) is 11.3 Å². The fraction of sp³-hybridized carbons (Fsp3) is 0.900. The summed E-state index contributed by atoms with van der Waals surface area (Å²) in [4.78, 5) is 2.36. The summed E-state index contributed by atoms with van der Waals surface area (Å²) in [6, 6.07) is 2.20. The second-order valence-electron chi connectivity index (χ2n) is 3.90. The quantitative estimate of drug-likeness (QED) is 0.646. The average molecular weight is 180 g/mol. The van der Waals surface area contributed by atoms with Crippen LogP contribution in [0.4, 0.5) is 0 Å². The molecule has 0 radical (unpaired) electrons. The molecule has 0 aromatic rings. The van der Waals surface area contributed by atoms with Gasteiger partial charge in [-0.05, 0) is 25.7 Å². The van der Waals surface area contributed by atoms with Gasteiger partial charge in [0.1, 0.15) is 5.72 Å². The van der Waals surface area contributed by atoms with Crippen LogP contribution in [0.25, 0.3) is 0 Å². The summed E-state index contributed by atoms with van der Waals surface area (Å²) < 4.78 is 5.83. The van der Waals surface area contributed by atoms with E-state index in [0.717, 1.165) is 19.7 Å². The van der Waals surface area contributed by atoms with Crippen molar-refractivity contribution in [2.45, 2.75) is 37.8 Å². The van der Waals surface area contributed by atoms with Gasteiger partial charge in [0.15, 0.2) is 0 Å². The SMILES string of the molecule is N#CCCN1CCOC12CCCC2. The highest BCUT2D eigenvalue weighted by atomic mass is 16.5. The highest BCUT2D eigenvalue weighted by Crippen LogP contribution is 2.39. The van der Waals surface area contributed by atoms with Crippen molar-refractivity contribution in [2.24, 2.45) is 0 Å². The van der Waals surface area contributed by atoms with Crippen LogP contribution >= 0.6 is 0 Å². The van der Waals surface area contributed by atoms with Gasteiger partial charge < -0.3 is 4.74 Å². The molecule has 3 nitrogen and oxygen atoms in total. The van der Waals surface area contributed by atoms with E-state index in [4.69, 9.17) is 10.00 Å². The molecule has 1 aliphatic carbocycles. The standard InChI is InChI=1S/C10H16N2O/c11-6-3-7-12-8-9-13-10(12)4-1-2-5-10/h1-5,7-9H2. The number of ether oxygens (including phenoxy) is 1. The normalized spacial score (nSPS) is 26.7. The smallest absolute Gasteiger partial charge is 0.121 e. The van der Waals surface area contributed by atoms with Crippen LogP contribution in [0.2, 0.25) is 0 Å². The van der Waals surface area contributed by atoms with E-state index in [1.807, 2.05) is 0 Å². The molecule has 2 aliphatic rings. The lowest BCUT2D eigenvalue weighted by Gasteiger charge is -2.32. The van der Waals surface area contributed by atoms with E-state index in [2.05, 4.69) is 11.0 Å². The van der Waals surface area contributed by atoms with Gasteiger partial charge in [-0.15, -0.1) is 0 Å². The van der Waals surface area contributed by atoms with E-state index in [9.17, 15) is 0 Å². The molecule has 2 fully saturated rings. The van der Waals surface area contributed by atoms with Crippen LogP contribution < -0.4 is 0 Å². The van der Waals surface area contributed by atoms with Crippen molar-refractivity contribution in [1.82, 2.24) is 4.90 Å². The minimum Gasteiger partial charge on any atom is -0.359 e. The summed E-state index contributed by atoms with van der Waals surface area (Å²) in [7, 11) is 0. The molecule has 1 saturated carbocycles. The Bertz CT molecular complexity index is 210. The first kappa shape index (κ1) is 8.98. The largest absolute Gasteiger partial charge is 0.359 e. The highest BCUT2D eigenvalue weighted by molar-refractivity contribution is 4.91. The summed E-state index contributed by atoms with van der Waals surface area (Å²) in [6.07, 6.45) is 5.52. The van der Waals surface area contributed by atoms with Gasteiger partial charge in [-0.2, -0.15) is 5.26 Å². The highest BCUT2D eigenvalue weighted by Gasteiger charge is 2.43. The van der Waals surface area contributed by atoms with E-state index < -0.39 is 0 Å². The molecule has 1 aliphatic heterocycles. The maximum atomic E-state index is 8.54. The van der Waals surface area contributed by atoms with Gasteiger partial charge in [-0.3, -0.25) is 4.90 Å². The molecule has 0 N–H and O–H groups in total. The Labute approximate surface area is 79.3 Å². The lowest BCUT2D eigenvalue weighted by Crippen LogP contribution is -2.42. The summed E-state index contributed by atoms with van der Waals surface area (Å²) in [6.45, 7) is 2.75. The third-order valence-electron chi connectivity index (χ3n) is 3.19. The van der Waals surface area contributed by atoms with Gasteiger partial charge in [0, 0.05) is 19.5 Å². The first-order valence-electron chi connectivity index (χ1n) is 5.13. The average Bonchev–Trinajstić information content (AvgIpc) is 2.75. The third kappa shape index (κ3) is 1.56. The molecule has 0 aromatic carbocycles. The molecule has 2 rings (SSSR count). The van der Waals surface area contributed by atoms with Gasteiger partial charge >= 0.3 is 0 Å². The molecule has 3 heteroatoms. The van der Waals surface area contributed by atoms with Gasteiger partial charge in [0.25, 0.3) is 0 Å². The Morgan fingerprint density at radius 1 is 1.38 bits per heavy atom. The van der Waals surface area contributed by atoms with E-state index in [-0.39, 0.29) is 5.72 Å². The minimum absolute atomic E-state index is 0.0385. The van der Waals surface area contributed by atoms with Gasteiger partial charge in [0.05, 0.1) is 12.7 Å². The number of rotatable bonds is 2. The first-order chi connectivity index (χ1) is 6.37. The lowest BCUT2D eigenvalue weighted by molar-refractivity contribution is -0.0750. The minimum atomic E-state index is 0.0385. The summed E-state index contributed by atoms with van der Waals surface area (Å²) in [5, 5.41) is 8.54. The summed E-state index contributed by atoms with van der Waals surface area (Å²) >= 11 is 0. The van der Waals surface area contributed by atoms with E-state index in [1.165, 1.54) is 25.7 Å². The molecular formula is C10H16N2O. The molecule has 1 spiro atoms. The van der Waals surface area contributed by atoms with Crippen LogP contribution in [0.1, 0.15) is 32.1 Å². The molecule has 13 heavy (non-hydrogen) atoms. The van der Waals surface area contributed by atoms with E-state index >= 15 is 0 Å². The molecule has 0 aromatic heterocycles. The van der Waals surface area contributed by atoms with E-state index in [0.29, 0.717) is 6.42 Å². The lowest BCUT2D eigenvalue weighted by atomic mass is 10.1. The van der Waals surface area contributed by atoms with E-state index in [1.54, 1.807) is 0 Å². The van der Waals surface area contributed by atoms with Crippen molar-refractivity contribution in [3.05, 3.63) is 0 Å². The zero-order valence-corrected chi connectivity index (χ0v) is 7.96. The fourth-order valence-corrected chi connectivity index (χ4v) is 2.53. The van der Waals surface area contributed by atoms with Gasteiger partial charge in [-0.25, -0.2) is 0 Å². The van der Waals surface area contributed by atoms with Crippen LogP contribution in [0.3, 0.4) is 0 Å². The Morgan fingerprint density at radius 3 is 2.85 bits per heavy atom. The van der Waals surface area contributed by atoms with Crippen molar-refractivity contribution in [2.75, 3.05) is 19.7 Å². The topological polar surface area (TPSA) is 36.3 Å². The molecule has 0 atom stereocenters. The number of nitriles is 1. The van der Waals surface area contributed by atoms with Crippen LogP contribution in [-0.4, -0.2) is 30.3 Å². The molecule has 0 bridgehead atoms. The number of nitrogens with zero attached hydrogens (tertiary/aromatic N) is 2. The summed E-state index contributed by atoms with van der Waals surface area (Å²) in [5.41, 5.74) is 0.0385. The first-order valence-corrected chi connectivity index (χ1v) is 5.13. The molecule has 1 saturated heterocycles. The van der Waals surface area contributed by atoms with Crippen molar-refractivity contribution >= 4 is 0 Å². The van der Waals surface area contributed by atoms with Crippen LogP contribution in [-0.2, 0) is 4.74 Å². The Balaban J connectivity index is 1.97. The van der Waals surface area contributed by atoms with Gasteiger partial charge in [-0.1, -0.05) is 0 Å². The Kier molecular flexibility index (Phi) is 2.52. The molecular weight excluding hydrogens is 164 g/mol. The maximum Gasteiger partial charge on any atom is 0.121 e. The van der Waals surface area contributed by atoms with Crippen LogP contribution in [0.5, 0.6) is 0 Å². The maximum absolute atomic E-state index is 8.54. The third-order valence-corrected chi connectivity index (χ3v) is 3.19. The molecule has 0 amide bonds.